The molecule has 1 nitrogen and oxygen atoms in total. The first kappa shape index (κ1) is 51.1. The highest BCUT2D eigenvalue weighted by atomic mass is 16.5. The Bertz CT molecular complexity index is 5030. The Morgan fingerprint density at radius 2 is 0.541 bits per heavy atom. The van der Waals surface area contributed by atoms with Crippen LogP contribution in [0.5, 0.6) is 5.75 Å². The van der Waals surface area contributed by atoms with E-state index in [2.05, 4.69) is 278 Å². The van der Waals surface area contributed by atoms with Crippen molar-refractivity contribution < 1.29 is 4.74 Å². The van der Waals surface area contributed by atoms with E-state index in [1.807, 2.05) is 6.92 Å². The lowest BCUT2D eigenvalue weighted by Gasteiger charge is -2.25. The van der Waals surface area contributed by atoms with Crippen LogP contribution in [0.2, 0.25) is 0 Å². The summed E-state index contributed by atoms with van der Waals surface area (Å²) in [6.07, 6.45) is 1.97. The maximum Gasteiger partial charge on any atom is 0.119 e. The van der Waals surface area contributed by atoms with Crippen LogP contribution in [0.25, 0.3) is 143 Å². The molecule has 85 heavy (non-hydrogen) atoms. The standard InChI is InChI=1S/C84H66O/c1-8-50-45-71-72(46-51(50)9-2)80(62-25-12-11-24-61(62)77(71)52-35-40-56(41-36-52)85-10-3)55-39-44-60-59-43-38-54(48-75(59)84(6,7)76(60)49-55)79-65-28-15-19-32-69(65)82(70-33-20-16-29-66(70)79)81-67-30-17-13-26-63(67)78(64-27-14-18-31-68(64)81)53-37-42-58-57-23-21-22-34-73(57)83(4,5)74(58)47-53/h11-49H,8-10H2,1-7H3. The molecule has 2 aliphatic rings. The molecule has 0 fully saturated rings. The van der Waals surface area contributed by atoms with Crippen LogP contribution in [0.3, 0.4) is 0 Å². The summed E-state index contributed by atoms with van der Waals surface area (Å²) in [5.74, 6) is 0.898. The van der Waals surface area contributed by atoms with Crippen LogP contribution in [0.1, 0.15) is 81.8 Å². The molecule has 0 N–H and O–H groups in total. The van der Waals surface area contributed by atoms with Gasteiger partial charge in [0, 0.05) is 10.8 Å². The maximum atomic E-state index is 5.93. The van der Waals surface area contributed by atoms with Crippen LogP contribution >= 0.6 is 0 Å². The molecule has 0 spiro atoms. The van der Waals surface area contributed by atoms with Gasteiger partial charge < -0.3 is 4.74 Å². The van der Waals surface area contributed by atoms with Crippen LogP contribution in [0.15, 0.2) is 237 Å². The molecule has 1 heteroatoms. The topological polar surface area (TPSA) is 9.23 Å². The molecule has 0 heterocycles. The van der Waals surface area contributed by atoms with E-state index in [0.29, 0.717) is 6.61 Å². The van der Waals surface area contributed by atoms with Gasteiger partial charge in [-0.1, -0.05) is 248 Å². The van der Waals surface area contributed by atoms with Crippen LogP contribution < -0.4 is 4.74 Å². The van der Waals surface area contributed by atoms with E-state index in [1.165, 1.54) is 176 Å². The van der Waals surface area contributed by atoms with Gasteiger partial charge in [-0.2, -0.15) is 0 Å². The predicted octanol–water partition coefficient (Wildman–Crippen LogP) is 23.1. The van der Waals surface area contributed by atoms with E-state index in [0.717, 1.165) is 18.6 Å². The molecule has 0 saturated carbocycles. The fourth-order valence-electron chi connectivity index (χ4n) is 15.8. The van der Waals surface area contributed by atoms with Crippen LogP contribution in [-0.2, 0) is 23.7 Å². The lowest BCUT2D eigenvalue weighted by Crippen LogP contribution is -2.15. The summed E-state index contributed by atoms with van der Waals surface area (Å²) in [6.45, 7) is 16.9. The molecule has 14 aromatic carbocycles. The third-order valence-electron chi connectivity index (χ3n) is 19.8. The largest absolute Gasteiger partial charge is 0.494 e. The van der Waals surface area contributed by atoms with Gasteiger partial charge in [-0.05, 0) is 226 Å². The summed E-state index contributed by atoms with van der Waals surface area (Å²) in [6, 6.07) is 90.5. The first-order valence-corrected chi connectivity index (χ1v) is 30.7. The highest BCUT2D eigenvalue weighted by molar-refractivity contribution is 6.30. The second-order valence-electron chi connectivity index (χ2n) is 24.9. The average Bonchev–Trinajstić information content (AvgIpc) is 1.47. The minimum Gasteiger partial charge on any atom is -0.494 e. The Kier molecular flexibility index (Phi) is 11.6. The molecular weight excluding hydrogens is 1020 g/mol. The van der Waals surface area contributed by atoms with Crippen molar-refractivity contribution >= 4 is 64.6 Å². The molecule has 0 aromatic heterocycles. The number of fused-ring (bicyclic) bond motifs is 12. The zero-order valence-electron chi connectivity index (χ0n) is 49.5. The molecule has 0 radical (unpaired) electrons. The lowest BCUT2D eigenvalue weighted by molar-refractivity contribution is 0.340. The van der Waals surface area contributed by atoms with Gasteiger partial charge in [-0.3, -0.25) is 0 Å². The first-order chi connectivity index (χ1) is 41.6. The van der Waals surface area contributed by atoms with Gasteiger partial charge in [0.05, 0.1) is 6.61 Å². The van der Waals surface area contributed by atoms with Crippen molar-refractivity contribution in [2.45, 2.75) is 72.1 Å². The minimum absolute atomic E-state index is 0.105. The van der Waals surface area contributed by atoms with Gasteiger partial charge in [0.2, 0.25) is 0 Å². The van der Waals surface area contributed by atoms with Gasteiger partial charge >= 0.3 is 0 Å². The Morgan fingerprint density at radius 1 is 0.259 bits per heavy atom. The molecule has 0 atom stereocenters. The number of aryl methyl sites for hydroxylation is 2. The lowest BCUT2D eigenvalue weighted by atomic mass is 9.78. The van der Waals surface area contributed by atoms with E-state index < -0.39 is 0 Å². The van der Waals surface area contributed by atoms with Crippen molar-refractivity contribution in [1.29, 1.82) is 0 Å². The Hall–Kier alpha value is -9.56. The van der Waals surface area contributed by atoms with E-state index in [-0.39, 0.29) is 10.8 Å². The number of ether oxygens (including phenoxy) is 1. The smallest absolute Gasteiger partial charge is 0.119 e. The van der Waals surface area contributed by atoms with E-state index in [9.17, 15) is 0 Å². The zero-order valence-corrected chi connectivity index (χ0v) is 49.5. The van der Waals surface area contributed by atoms with Crippen molar-refractivity contribution in [3.05, 3.63) is 270 Å². The molecule has 2 aliphatic carbocycles. The van der Waals surface area contributed by atoms with Crippen molar-refractivity contribution in [1.82, 2.24) is 0 Å². The van der Waals surface area contributed by atoms with Gasteiger partial charge in [0.25, 0.3) is 0 Å². The molecule has 0 saturated heterocycles. The highest BCUT2D eigenvalue weighted by Crippen LogP contribution is 2.56. The number of rotatable bonds is 9. The zero-order chi connectivity index (χ0) is 57.5. The number of hydrogen-bond donors (Lipinski definition) is 0. The van der Waals surface area contributed by atoms with Gasteiger partial charge in [0.1, 0.15) is 5.75 Å². The third kappa shape index (κ3) is 7.49. The molecule has 0 amide bonds. The van der Waals surface area contributed by atoms with E-state index >= 15 is 0 Å². The molecule has 0 bridgehead atoms. The minimum atomic E-state index is -0.280. The highest BCUT2D eigenvalue weighted by Gasteiger charge is 2.38. The summed E-state index contributed by atoms with van der Waals surface area (Å²) < 4.78 is 5.93. The fourth-order valence-corrected chi connectivity index (χ4v) is 15.8. The van der Waals surface area contributed by atoms with Crippen molar-refractivity contribution in [3.63, 3.8) is 0 Å². The molecule has 0 aliphatic heterocycles. The SMILES string of the molecule is CCOc1ccc(-c2c3ccccc3c(-c3ccc4c(c3)C(C)(C)c3cc(-c5c6ccccc6c(-c6c7ccccc7c(-c7ccc8c(c7)C(C)(C)c7ccccc7-8)c7ccccc67)c6ccccc56)ccc3-4)c3cc(CC)c(CC)cc23)cc1. The summed E-state index contributed by atoms with van der Waals surface area (Å²) in [7, 11) is 0. The van der Waals surface area contributed by atoms with Crippen LogP contribution in [0, 0.1) is 0 Å². The van der Waals surface area contributed by atoms with Crippen LogP contribution in [-0.4, -0.2) is 6.61 Å². The molecule has 0 unspecified atom stereocenters. The third-order valence-corrected chi connectivity index (χ3v) is 19.8. The van der Waals surface area contributed by atoms with E-state index in [4.69, 9.17) is 4.74 Å². The molecular formula is C84H66O. The summed E-state index contributed by atoms with van der Waals surface area (Å²) in [5.41, 5.74) is 26.0. The monoisotopic (exact) mass is 1090 g/mol. The Morgan fingerprint density at radius 3 is 0.894 bits per heavy atom. The second kappa shape index (κ2) is 19.2. The molecule has 408 valence electrons. The van der Waals surface area contributed by atoms with Crippen molar-refractivity contribution in [2.24, 2.45) is 0 Å². The Balaban J connectivity index is 0.858. The van der Waals surface area contributed by atoms with E-state index in [1.54, 1.807) is 0 Å². The predicted molar refractivity (Wildman–Crippen MR) is 364 cm³/mol. The van der Waals surface area contributed by atoms with Gasteiger partial charge in [-0.25, -0.2) is 0 Å². The number of hydrogen-bond acceptors (Lipinski definition) is 1. The van der Waals surface area contributed by atoms with Crippen LogP contribution in [0.4, 0.5) is 0 Å². The maximum absolute atomic E-state index is 5.93. The second-order valence-corrected chi connectivity index (χ2v) is 24.9. The van der Waals surface area contributed by atoms with Gasteiger partial charge in [0.15, 0.2) is 0 Å². The average molecular weight is 1090 g/mol. The van der Waals surface area contributed by atoms with Crippen molar-refractivity contribution in [2.75, 3.05) is 6.61 Å². The normalized spacial score (nSPS) is 13.7. The quantitative estimate of drug-likeness (QED) is 0.131. The molecule has 14 aromatic rings. The Labute approximate surface area is 498 Å². The number of benzene rings is 14. The van der Waals surface area contributed by atoms with Crippen molar-refractivity contribution in [3.8, 4) is 83.6 Å². The summed E-state index contributed by atoms with van der Waals surface area (Å²) in [5, 5.41) is 15.2. The first-order valence-electron chi connectivity index (χ1n) is 30.7. The van der Waals surface area contributed by atoms with Gasteiger partial charge in [-0.15, -0.1) is 0 Å². The molecule has 16 rings (SSSR count). The summed E-state index contributed by atoms with van der Waals surface area (Å²) in [4.78, 5) is 0. The fraction of sp³-hybridized carbons (Fsp3) is 0.143. The summed E-state index contributed by atoms with van der Waals surface area (Å²) >= 11 is 0.